The van der Waals surface area contributed by atoms with Crippen LogP contribution in [0.2, 0.25) is 0 Å². The molecule has 2 heterocycles. The minimum atomic E-state index is -1.12. The summed E-state index contributed by atoms with van der Waals surface area (Å²) in [6, 6.07) is 7.17. The highest BCUT2D eigenvalue weighted by Gasteiger charge is 2.49. The molecule has 24 heavy (non-hydrogen) atoms. The van der Waals surface area contributed by atoms with Crippen molar-refractivity contribution >= 4 is 17.8 Å². The van der Waals surface area contributed by atoms with Crippen LogP contribution in [-0.2, 0) is 15.1 Å². The van der Waals surface area contributed by atoms with Crippen molar-refractivity contribution in [1.29, 1.82) is 0 Å². The lowest BCUT2D eigenvalue weighted by molar-refractivity contribution is -0.140. The van der Waals surface area contributed by atoms with Gasteiger partial charge in [-0.3, -0.25) is 14.5 Å². The largest absolute Gasteiger partial charge is 0.341 e. The number of likely N-dealkylation sites (tertiary alicyclic amines) is 1. The number of rotatable bonds is 4. The highest BCUT2D eigenvalue weighted by molar-refractivity contribution is 6.09. The minimum Gasteiger partial charge on any atom is -0.341 e. The molecule has 6 nitrogen and oxygen atoms in total. The Labute approximate surface area is 141 Å². The first-order valence-corrected chi connectivity index (χ1v) is 8.35. The van der Waals surface area contributed by atoms with Crippen molar-refractivity contribution in [3.05, 3.63) is 35.4 Å². The van der Waals surface area contributed by atoms with Crippen molar-refractivity contribution in [3.63, 3.8) is 0 Å². The van der Waals surface area contributed by atoms with Crippen LogP contribution < -0.4 is 5.32 Å². The molecule has 2 aliphatic rings. The van der Waals surface area contributed by atoms with Crippen LogP contribution in [0, 0.1) is 0 Å². The number of hydrogen-bond acceptors (Lipinski definition) is 3. The number of hydrogen-bond donors (Lipinski definition) is 1. The highest BCUT2D eigenvalue weighted by atomic mass is 16.2. The van der Waals surface area contributed by atoms with Crippen molar-refractivity contribution in [2.45, 2.75) is 38.6 Å². The van der Waals surface area contributed by atoms with Crippen LogP contribution in [-0.4, -0.2) is 47.3 Å². The van der Waals surface area contributed by atoms with E-state index in [1.54, 1.807) is 11.8 Å². The van der Waals surface area contributed by atoms with E-state index in [2.05, 4.69) is 19.2 Å². The van der Waals surface area contributed by atoms with Crippen molar-refractivity contribution in [3.8, 4) is 0 Å². The average molecular weight is 329 g/mol. The summed E-state index contributed by atoms with van der Waals surface area (Å²) in [6.45, 7) is 7.10. The predicted molar refractivity (Wildman–Crippen MR) is 89.3 cm³/mol. The highest BCUT2D eigenvalue weighted by Crippen LogP contribution is 2.30. The Morgan fingerprint density at radius 2 is 1.83 bits per heavy atom. The zero-order chi connectivity index (χ0) is 17.5. The second-order valence-electron chi connectivity index (χ2n) is 6.96. The van der Waals surface area contributed by atoms with E-state index in [-0.39, 0.29) is 18.4 Å². The van der Waals surface area contributed by atoms with Crippen LogP contribution >= 0.6 is 0 Å². The number of imide groups is 1. The fraction of sp³-hybridized carbons (Fsp3) is 0.500. The van der Waals surface area contributed by atoms with Gasteiger partial charge in [0.2, 0.25) is 5.91 Å². The molecule has 0 aromatic heterocycles. The zero-order valence-corrected chi connectivity index (χ0v) is 14.3. The van der Waals surface area contributed by atoms with Crippen molar-refractivity contribution in [2.75, 3.05) is 19.6 Å². The Morgan fingerprint density at radius 3 is 2.33 bits per heavy atom. The van der Waals surface area contributed by atoms with Crippen LogP contribution in [0.5, 0.6) is 0 Å². The van der Waals surface area contributed by atoms with Crippen molar-refractivity contribution in [2.24, 2.45) is 0 Å². The fourth-order valence-corrected chi connectivity index (χ4v) is 3.04. The van der Waals surface area contributed by atoms with Gasteiger partial charge in [0.25, 0.3) is 5.91 Å². The Balaban J connectivity index is 1.79. The van der Waals surface area contributed by atoms with Gasteiger partial charge in [0.1, 0.15) is 12.1 Å². The quantitative estimate of drug-likeness (QED) is 0.857. The van der Waals surface area contributed by atoms with E-state index in [4.69, 9.17) is 0 Å². The van der Waals surface area contributed by atoms with E-state index in [1.807, 2.05) is 24.3 Å². The first-order valence-electron chi connectivity index (χ1n) is 8.35. The molecule has 0 aliphatic carbocycles. The lowest BCUT2D eigenvalue weighted by Gasteiger charge is -2.32. The van der Waals surface area contributed by atoms with Gasteiger partial charge in [0.15, 0.2) is 0 Å². The summed E-state index contributed by atoms with van der Waals surface area (Å²) in [5.41, 5.74) is 0.773. The molecule has 4 amide bonds. The van der Waals surface area contributed by atoms with E-state index in [9.17, 15) is 14.4 Å². The molecule has 1 N–H and O–H groups in total. The Hall–Kier alpha value is -2.37. The molecule has 1 aromatic carbocycles. The molecule has 1 atom stereocenters. The van der Waals surface area contributed by atoms with Gasteiger partial charge in [-0.1, -0.05) is 38.1 Å². The summed E-state index contributed by atoms with van der Waals surface area (Å²) in [6.07, 6.45) is 0.978. The molecule has 0 radical (unpaired) electrons. The lowest BCUT2D eigenvalue weighted by atomic mass is 9.90. The number of benzene rings is 1. The lowest BCUT2D eigenvalue weighted by Crippen LogP contribution is -2.49. The third-order valence-electron chi connectivity index (χ3n) is 4.93. The Kier molecular flexibility index (Phi) is 4.07. The predicted octanol–water partition coefficient (Wildman–Crippen LogP) is 1.81. The summed E-state index contributed by atoms with van der Waals surface area (Å²) >= 11 is 0. The van der Waals surface area contributed by atoms with Gasteiger partial charge in [0.05, 0.1) is 0 Å². The molecule has 128 valence electrons. The molecule has 0 spiro atoms. The zero-order valence-electron chi connectivity index (χ0n) is 14.3. The topological polar surface area (TPSA) is 69.7 Å². The van der Waals surface area contributed by atoms with Crippen molar-refractivity contribution in [1.82, 2.24) is 15.1 Å². The number of carbonyl (C=O) groups excluding carboxylic acids is 3. The van der Waals surface area contributed by atoms with Crippen LogP contribution in [0.3, 0.4) is 0 Å². The van der Waals surface area contributed by atoms with Crippen LogP contribution in [0.25, 0.3) is 0 Å². The average Bonchev–Trinajstić information content (AvgIpc) is 2.70. The van der Waals surface area contributed by atoms with Gasteiger partial charge >= 0.3 is 6.03 Å². The van der Waals surface area contributed by atoms with Gasteiger partial charge in [-0.05, 0) is 30.4 Å². The molecular weight excluding hydrogens is 306 g/mol. The maximum atomic E-state index is 12.8. The van der Waals surface area contributed by atoms with Crippen LogP contribution in [0.4, 0.5) is 4.79 Å². The first-order chi connectivity index (χ1) is 11.3. The number of nitrogens with one attached hydrogen (secondary N) is 1. The molecule has 3 rings (SSSR count). The molecule has 1 unspecified atom stereocenters. The summed E-state index contributed by atoms with van der Waals surface area (Å²) in [7, 11) is 0. The van der Waals surface area contributed by atoms with E-state index in [1.165, 1.54) is 5.56 Å². The summed E-state index contributed by atoms with van der Waals surface area (Å²) < 4.78 is 0. The smallest absolute Gasteiger partial charge is 0.325 e. The van der Waals surface area contributed by atoms with Crippen LogP contribution in [0.15, 0.2) is 24.3 Å². The van der Waals surface area contributed by atoms with Gasteiger partial charge in [-0.2, -0.15) is 0 Å². The Bertz CT molecular complexity index is 679. The molecule has 6 heteroatoms. The molecular formula is C18H23N3O3. The summed E-state index contributed by atoms with van der Waals surface area (Å²) in [5.74, 6) is -0.158. The molecule has 2 saturated heterocycles. The molecule has 2 fully saturated rings. The van der Waals surface area contributed by atoms with E-state index < -0.39 is 11.6 Å². The van der Waals surface area contributed by atoms with Crippen LogP contribution in [0.1, 0.15) is 44.2 Å². The molecule has 2 aliphatic heterocycles. The Morgan fingerprint density at radius 1 is 1.21 bits per heavy atom. The normalized spacial score (nSPS) is 23.5. The monoisotopic (exact) mass is 329 g/mol. The standard InChI is InChI=1S/C18H23N3O3/c1-12(2)13-5-7-14(8-6-13)18(3)16(23)21(17(24)19-18)11-15(22)20-9-4-10-20/h5-8,12H,4,9-11H2,1-3H3,(H,19,24). The third kappa shape index (κ3) is 2.66. The minimum absolute atomic E-state index is 0.177. The molecule has 0 bridgehead atoms. The second kappa shape index (κ2) is 5.92. The van der Waals surface area contributed by atoms with E-state index in [0.29, 0.717) is 19.0 Å². The van der Waals surface area contributed by atoms with Crippen molar-refractivity contribution < 1.29 is 14.4 Å². The SMILES string of the molecule is CC(C)c1ccc(C2(C)NC(=O)N(CC(=O)N3CCC3)C2=O)cc1. The number of amides is 4. The number of carbonyl (C=O) groups is 3. The number of urea groups is 1. The fourth-order valence-electron chi connectivity index (χ4n) is 3.04. The summed E-state index contributed by atoms with van der Waals surface area (Å²) in [5, 5.41) is 2.74. The first kappa shape index (κ1) is 16.5. The second-order valence-corrected chi connectivity index (χ2v) is 6.96. The van der Waals surface area contributed by atoms with E-state index in [0.717, 1.165) is 16.9 Å². The number of nitrogens with zero attached hydrogens (tertiary/aromatic N) is 2. The molecule has 1 aromatic rings. The third-order valence-corrected chi connectivity index (χ3v) is 4.93. The maximum absolute atomic E-state index is 12.8. The van der Waals surface area contributed by atoms with Gasteiger partial charge in [-0.15, -0.1) is 0 Å². The summed E-state index contributed by atoms with van der Waals surface area (Å²) in [4.78, 5) is 39.8. The van der Waals surface area contributed by atoms with Gasteiger partial charge in [0, 0.05) is 13.1 Å². The molecule has 0 saturated carbocycles. The van der Waals surface area contributed by atoms with E-state index >= 15 is 0 Å². The maximum Gasteiger partial charge on any atom is 0.325 e. The van der Waals surface area contributed by atoms with Gasteiger partial charge in [-0.25, -0.2) is 4.79 Å². The van der Waals surface area contributed by atoms with Gasteiger partial charge < -0.3 is 10.2 Å².